The first-order valence-electron chi connectivity index (χ1n) is 33.0. The highest BCUT2D eigenvalue weighted by molar-refractivity contribution is 5.76. The standard InChI is InChI=1S/C66H129NO5/c1-3-5-7-9-11-13-15-40-44-48-52-56-60-66(71)72-61-57-53-49-45-41-37-35-33-31-29-27-25-23-21-19-17-16-18-20-22-24-26-28-30-32-34-36-39-43-47-51-55-59-65(70)67-63(62-68)64(69)58-54-50-46-42-38-14-12-10-8-6-4-2/h54,58,63-64,68-69H,3-53,55-57,59-62H2,1-2H3,(H,67,70)/b58-54+. The summed E-state index contributed by atoms with van der Waals surface area (Å²) in [7, 11) is 0. The number of hydrogen-bond acceptors (Lipinski definition) is 5. The van der Waals surface area contributed by atoms with E-state index < -0.39 is 12.1 Å². The zero-order chi connectivity index (χ0) is 52.2. The van der Waals surface area contributed by atoms with E-state index in [0.29, 0.717) is 19.4 Å². The molecule has 0 heterocycles. The molecule has 0 aromatic heterocycles. The summed E-state index contributed by atoms with van der Waals surface area (Å²) in [5, 5.41) is 23.0. The van der Waals surface area contributed by atoms with Crippen LogP contribution in [-0.2, 0) is 14.3 Å². The third kappa shape index (κ3) is 57.9. The molecule has 0 aromatic carbocycles. The fourth-order valence-corrected chi connectivity index (χ4v) is 10.5. The second-order valence-corrected chi connectivity index (χ2v) is 22.8. The third-order valence-electron chi connectivity index (χ3n) is 15.6. The Labute approximate surface area is 450 Å². The molecule has 6 nitrogen and oxygen atoms in total. The van der Waals surface area contributed by atoms with E-state index in [9.17, 15) is 19.8 Å². The summed E-state index contributed by atoms with van der Waals surface area (Å²) in [5.41, 5.74) is 0. The predicted molar refractivity (Wildman–Crippen MR) is 315 cm³/mol. The quantitative estimate of drug-likeness (QED) is 0.0320. The zero-order valence-electron chi connectivity index (χ0n) is 48.9. The summed E-state index contributed by atoms with van der Waals surface area (Å²) in [4.78, 5) is 24.5. The molecule has 0 bridgehead atoms. The van der Waals surface area contributed by atoms with Gasteiger partial charge >= 0.3 is 5.97 Å². The van der Waals surface area contributed by atoms with Crippen molar-refractivity contribution in [3.63, 3.8) is 0 Å². The number of aliphatic hydroxyl groups excluding tert-OH is 2. The van der Waals surface area contributed by atoms with Gasteiger partial charge in [0.05, 0.1) is 25.4 Å². The summed E-state index contributed by atoms with van der Waals surface area (Å²) < 4.78 is 5.48. The molecule has 0 aliphatic carbocycles. The van der Waals surface area contributed by atoms with Crippen molar-refractivity contribution in [1.82, 2.24) is 5.32 Å². The average Bonchev–Trinajstić information content (AvgIpc) is 3.38. The molecule has 0 saturated heterocycles. The maximum absolute atomic E-state index is 12.4. The van der Waals surface area contributed by atoms with Crippen LogP contribution in [0.2, 0.25) is 0 Å². The first-order chi connectivity index (χ1) is 35.5. The van der Waals surface area contributed by atoms with Crippen LogP contribution in [0.15, 0.2) is 12.2 Å². The fourth-order valence-electron chi connectivity index (χ4n) is 10.5. The smallest absolute Gasteiger partial charge is 0.305 e. The van der Waals surface area contributed by atoms with Crippen LogP contribution in [0.3, 0.4) is 0 Å². The van der Waals surface area contributed by atoms with Crippen LogP contribution in [-0.4, -0.2) is 47.4 Å². The average molecular weight is 1020 g/mol. The topological polar surface area (TPSA) is 95.9 Å². The number of ether oxygens (including phenoxy) is 1. The first-order valence-corrected chi connectivity index (χ1v) is 33.0. The van der Waals surface area contributed by atoms with Crippen molar-refractivity contribution in [2.75, 3.05) is 13.2 Å². The molecule has 0 saturated carbocycles. The Bertz CT molecular complexity index is 1080. The molecule has 0 aromatic rings. The second kappa shape index (κ2) is 62.1. The predicted octanol–water partition coefficient (Wildman–Crippen LogP) is 20.8. The number of esters is 1. The Morgan fingerprint density at radius 3 is 0.944 bits per heavy atom. The number of amides is 1. The molecule has 0 radical (unpaired) electrons. The van der Waals surface area contributed by atoms with E-state index in [0.717, 1.165) is 38.5 Å². The molecule has 1 amide bonds. The van der Waals surface area contributed by atoms with Gasteiger partial charge in [-0.1, -0.05) is 341 Å². The summed E-state index contributed by atoms with van der Waals surface area (Å²) in [6, 6.07) is -0.622. The Morgan fingerprint density at radius 2 is 0.639 bits per heavy atom. The minimum Gasteiger partial charge on any atom is -0.466 e. The number of hydrogen-bond donors (Lipinski definition) is 3. The number of allylic oxidation sites excluding steroid dienone is 1. The monoisotopic (exact) mass is 1020 g/mol. The molecule has 0 spiro atoms. The molecule has 2 atom stereocenters. The zero-order valence-corrected chi connectivity index (χ0v) is 48.9. The minimum absolute atomic E-state index is 0.0221. The Balaban J connectivity index is 3.30. The van der Waals surface area contributed by atoms with E-state index >= 15 is 0 Å². The molecule has 0 aliphatic heterocycles. The number of nitrogens with one attached hydrogen (secondary N) is 1. The maximum atomic E-state index is 12.4. The lowest BCUT2D eigenvalue weighted by Gasteiger charge is -2.20. The second-order valence-electron chi connectivity index (χ2n) is 22.8. The van der Waals surface area contributed by atoms with Crippen molar-refractivity contribution >= 4 is 11.9 Å². The Morgan fingerprint density at radius 1 is 0.375 bits per heavy atom. The summed E-state index contributed by atoms with van der Waals surface area (Å²) in [6.45, 7) is 4.92. The summed E-state index contributed by atoms with van der Waals surface area (Å²) >= 11 is 0. The van der Waals surface area contributed by atoms with E-state index in [2.05, 4.69) is 19.2 Å². The number of aliphatic hydroxyl groups is 2. The number of carbonyl (C=O) groups excluding carboxylic acids is 2. The first kappa shape index (κ1) is 70.6. The van der Waals surface area contributed by atoms with E-state index in [-0.39, 0.29) is 18.5 Å². The Hall–Kier alpha value is -1.40. The number of unbranched alkanes of at least 4 members (excludes halogenated alkanes) is 51. The third-order valence-corrected chi connectivity index (χ3v) is 15.6. The minimum atomic E-state index is -0.839. The highest BCUT2D eigenvalue weighted by Crippen LogP contribution is 2.19. The molecule has 2 unspecified atom stereocenters. The number of carbonyl (C=O) groups is 2. The van der Waals surface area contributed by atoms with Crippen LogP contribution < -0.4 is 5.32 Å². The lowest BCUT2D eigenvalue weighted by molar-refractivity contribution is -0.143. The van der Waals surface area contributed by atoms with Gasteiger partial charge in [-0.25, -0.2) is 0 Å². The summed E-state index contributed by atoms with van der Waals surface area (Å²) in [6.07, 6.45) is 75.8. The van der Waals surface area contributed by atoms with Gasteiger partial charge in [0, 0.05) is 12.8 Å². The molecule has 0 rings (SSSR count). The molecule has 6 heteroatoms. The van der Waals surface area contributed by atoms with Crippen LogP contribution in [0.1, 0.15) is 373 Å². The van der Waals surface area contributed by atoms with Gasteiger partial charge < -0.3 is 20.3 Å². The van der Waals surface area contributed by atoms with Crippen molar-refractivity contribution in [3.8, 4) is 0 Å². The van der Waals surface area contributed by atoms with Crippen molar-refractivity contribution < 1.29 is 24.5 Å². The number of rotatable bonds is 62. The van der Waals surface area contributed by atoms with Gasteiger partial charge in [-0.3, -0.25) is 9.59 Å². The largest absolute Gasteiger partial charge is 0.466 e. The van der Waals surface area contributed by atoms with Gasteiger partial charge in [0.1, 0.15) is 0 Å². The normalized spacial score (nSPS) is 12.6. The van der Waals surface area contributed by atoms with Crippen molar-refractivity contribution in [2.45, 2.75) is 386 Å². The molecule has 0 aliphatic rings. The highest BCUT2D eigenvalue weighted by atomic mass is 16.5. The highest BCUT2D eigenvalue weighted by Gasteiger charge is 2.18. The summed E-state index contributed by atoms with van der Waals surface area (Å²) in [5.74, 6) is -0.0408. The van der Waals surface area contributed by atoms with Crippen LogP contribution in [0, 0.1) is 0 Å². The molecule has 428 valence electrons. The van der Waals surface area contributed by atoms with Crippen LogP contribution in [0.25, 0.3) is 0 Å². The van der Waals surface area contributed by atoms with Crippen LogP contribution in [0.5, 0.6) is 0 Å². The van der Waals surface area contributed by atoms with Gasteiger partial charge in [-0.05, 0) is 32.1 Å². The molecular weight excluding hydrogens is 887 g/mol. The van der Waals surface area contributed by atoms with Gasteiger partial charge in [0.15, 0.2) is 0 Å². The van der Waals surface area contributed by atoms with Crippen molar-refractivity contribution in [2.24, 2.45) is 0 Å². The van der Waals surface area contributed by atoms with Gasteiger partial charge in [-0.2, -0.15) is 0 Å². The molecular formula is C66H129NO5. The van der Waals surface area contributed by atoms with Gasteiger partial charge in [0.25, 0.3) is 0 Å². The fraction of sp³-hybridized carbons (Fsp3) is 0.939. The van der Waals surface area contributed by atoms with E-state index in [1.165, 1.54) is 308 Å². The molecule has 3 N–H and O–H groups in total. The molecule has 72 heavy (non-hydrogen) atoms. The van der Waals surface area contributed by atoms with Crippen molar-refractivity contribution in [1.29, 1.82) is 0 Å². The van der Waals surface area contributed by atoms with E-state index in [4.69, 9.17) is 4.74 Å². The van der Waals surface area contributed by atoms with Crippen LogP contribution >= 0.6 is 0 Å². The van der Waals surface area contributed by atoms with Crippen LogP contribution in [0.4, 0.5) is 0 Å². The van der Waals surface area contributed by atoms with Crippen molar-refractivity contribution in [3.05, 3.63) is 12.2 Å². The molecule has 0 fully saturated rings. The maximum Gasteiger partial charge on any atom is 0.305 e. The lowest BCUT2D eigenvalue weighted by atomic mass is 10.0. The Kier molecular flexibility index (Phi) is 60.9. The van der Waals surface area contributed by atoms with E-state index in [1.54, 1.807) is 6.08 Å². The SMILES string of the molecule is CCCCCCCCCCC/C=C/C(O)C(CO)NC(=O)CCCCCCCCCCCCCCCCCCCCCCCCCCCCCCCCCCOC(=O)CCCCCCCCCCCCCC. The van der Waals surface area contributed by atoms with Gasteiger partial charge in [0.2, 0.25) is 5.91 Å². The van der Waals surface area contributed by atoms with Gasteiger partial charge in [-0.15, -0.1) is 0 Å². The van der Waals surface area contributed by atoms with E-state index in [1.807, 2.05) is 6.08 Å². The lowest BCUT2D eigenvalue weighted by Crippen LogP contribution is -2.45.